The molecule has 5 heteroatoms. The van der Waals surface area contributed by atoms with Gasteiger partial charge in [-0.3, -0.25) is 0 Å². The van der Waals surface area contributed by atoms with Crippen LogP contribution >= 0.6 is 11.8 Å². The van der Waals surface area contributed by atoms with Gasteiger partial charge in [0.1, 0.15) is 18.2 Å². The first-order valence-electron chi connectivity index (χ1n) is 8.96. The number of anilines is 1. The maximum atomic E-state index is 5.89. The Morgan fingerprint density at radius 1 is 1.12 bits per heavy atom. The molecule has 0 saturated heterocycles. The molecular formula is C21H23N3OS. The van der Waals surface area contributed by atoms with Gasteiger partial charge in [-0.25, -0.2) is 4.68 Å². The van der Waals surface area contributed by atoms with Crippen LogP contribution in [0.3, 0.4) is 0 Å². The highest BCUT2D eigenvalue weighted by molar-refractivity contribution is 7.98. The Hall–Kier alpha value is -2.40. The van der Waals surface area contributed by atoms with Crippen LogP contribution in [0.15, 0.2) is 54.6 Å². The van der Waals surface area contributed by atoms with Crippen molar-refractivity contribution in [3.63, 3.8) is 0 Å². The first-order chi connectivity index (χ1) is 12.8. The molecule has 2 heterocycles. The molecule has 1 aliphatic heterocycles. The predicted molar refractivity (Wildman–Crippen MR) is 109 cm³/mol. The van der Waals surface area contributed by atoms with Crippen LogP contribution in [0, 0.1) is 0 Å². The zero-order valence-electron chi connectivity index (χ0n) is 14.9. The van der Waals surface area contributed by atoms with E-state index < -0.39 is 0 Å². The van der Waals surface area contributed by atoms with Crippen LogP contribution < -0.4 is 10.1 Å². The summed E-state index contributed by atoms with van der Waals surface area (Å²) < 4.78 is 7.93. The number of rotatable bonds is 7. The average molecular weight is 366 g/mol. The molecule has 1 aromatic heterocycles. The molecule has 0 fully saturated rings. The summed E-state index contributed by atoms with van der Waals surface area (Å²) in [6, 6.07) is 18.4. The van der Waals surface area contributed by atoms with Gasteiger partial charge in [0.05, 0.1) is 11.4 Å². The number of fused-ring (bicyclic) bond motifs is 1. The standard InChI is InChI=1S/C21H23N3OS/c1-26-14-12-20-19-11-13-22-21(19)24(23-20)17-7-9-18(10-8-17)25-15-16-5-3-2-4-6-16/h2-10,22H,11-15H2,1H3. The van der Waals surface area contributed by atoms with E-state index in [9.17, 15) is 0 Å². The lowest BCUT2D eigenvalue weighted by Gasteiger charge is -2.09. The minimum atomic E-state index is 0.581. The van der Waals surface area contributed by atoms with Crippen LogP contribution in [0.4, 0.5) is 5.82 Å². The van der Waals surface area contributed by atoms with Gasteiger partial charge in [-0.1, -0.05) is 30.3 Å². The van der Waals surface area contributed by atoms with Crippen molar-refractivity contribution in [1.29, 1.82) is 0 Å². The van der Waals surface area contributed by atoms with Gasteiger partial charge in [0.15, 0.2) is 0 Å². The molecule has 4 rings (SSSR count). The topological polar surface area (TPSA) is 39.1 Å². The van der Waals surface area contributed by atoms with Crippen LogP contribution in [-0.4, -0.2) is 28.3 Å². The Labute approximate surface area is 158 Å². The molecule has 0 aliphatic carbocycles. The second kappa shape index (κ2) is 7.87. The Bertz CT molecular complexity index is 859. The molecule has 26 heavy (non-hydrogen) atoms. The highest BCUT2D eigenvalue weighted by Gasteiger charge is 2.22. The van der Waals surface area contributed by atoms with Crippen molar-refractivity contribution >= 4 is 17.6 Å². The summed E-state index contributed by atoms with van der Waals surface area (Å²) in [5, 5.41) is 8.35. The van der Waals surface area contributed by atoms with Crippen molar-refractivity contribution in [2.24, 2.45) is 0 Å². The maximum absolute atomic E-state index is 5.89. The summed E-state index contributed by atoms with van der Waals surface area (Å²) in [5.41, 5.74) is 4.84. The molecule has 1 aliphatic rings. The molecular weight excluding hydrogens is 342 g/mol. The molecule has 0 amide bonds. The van der Waals surface area contributed by atoms with Gasteiger partial charge in [-0.2, -0.15) is 16.9 Å². The van der Waals surface area contributed by atoms with Gasteiger partial charge < -0.3 is 10.1 Å². The van der Waals surface area contributed by atoms with Crippen molar-refractivity contribution in [2.45, 2.75) is 19.4 Å². The SMILES string of the molecule is CSCCc1nn(-c2ccc(OCc3ccccc3)cc2)c2c1CCN2. The molecule has 0 radical (unpaired) electrons. The molecule has 0 bridgehead atoms. The maximum Gasteiger partial charge on any atom is 0.133 e. The fourth-order valence-corrected chi connectivity index (χ4v) is 3.65. The van der Waals surface area contributed by atoms with Gasteiger partial charge in [0.2, 0.25) is 0 Å². The Morgan fingerprint density at radius 3 is 2.69 bits per heavy atom. The van der Waals surface area contributed by atoms with E-state index in [2.05, 4.69) is 35.8 Å². The van der Waals surface area contributed by atoms with E-state index in [1.807, 2.05) is 46.8 Å². The lowest BCUT2D eigenvalue weighted by molar-refractivity contribution is 0.306. The third-order valence-corrected chi connectivity index (χ3v) is 5.22. The highest BCUT2D eigenvalue weighted by atomic mass is 32.2. The molecule has 0 spiro atoms. The number of thioether (sulfide) groups is 1. The van der Waals surface area contributed by atoms with E-state index in [0.29, 0.717) is 6.61 Å². The number of ether oxygens (including phenoxy) is 1. The molecule has 0 saturated carbocycles. The van der Waals surface area contributed by atoms with Crippen molar-refractivity contribution in [2.75, 3.05) is 23.9 Å². The van der Waals surface area contributed by atoms with Crippen LogP contribution in [0.1, 0.15) is 16.8 Å². The van der Waals surface area contributed by atoms with Gasteiger partial charge in [0, 0.05) is 18.5 Å². The summed E-state index contributed by atoms with van der Waals surface area (Å²) in [7, 11) is 0. The molecule has 134 valence electrons. The van der Waals surface area contributed by atoms with Crippen LogP contribution in [0.25, 0.3) is 5.69 Å². The number of benzene rings is 2. The van der Waals surface area contributed by atoms with Crippen LogP contribution in [0.5, 0.6) is 5.75 Å². The van der Waals surface area contributed by atoms with Crippen molar-refractivity contribution < 1.29 is 4.74 Å². The molecule has 2 aromatic carbocycles. The van der Waals surface area contributed by atoms with E-state index in [-0.39, 0.29) is 0 Å². The van der Waals surface area contributed by atoms with E-state index in [0.717, 1.165) is 42.4 Å². The Balaban J connectivity index is 1.50. The summed E-state index contributed by atoms with van der Waals surface area (Å²) in [4.78, 5) is 0. The summed E-state index contributed by atoms with van der Waals surface area (Å²) in [6.45, 7) is 1.58. The molecule has 0 unspecified atom stereocenters. The second-order valence-electron chi connectivity index (χ2n) is 6.37. The fraction of sp³-hybridized carbons (Fsp3) is 0.286. The predicted octanol–water partition coefficient (Wildman–Crippen LogP) is 4.32. The van der Waals surface area contributed by atoms with Gasteiger partial charge in [-0.05, 0) is 48.3 Å². The number of aromatic nitrogens is 2. The second-order valence-corrected chi connectivity index (χ2v) is 7.36. The van der Waals surface area contributed by atoms with Crippen LogP contribution in [0.2, 0.25) is 0 Å². The van der Waals surface area contributed by atoms with Gasteiger partial charge in [-0.15, -0.1) is 0 Å². The molecule has 0 atom stereocenters. The zero-order chi connectivity index (χ0) is 17.8. The summed E-state index contributed by atoms with van der Waals surface area (Å²) in [6.07, 6.45) is 4.23. The van der Waals surface area contributed by atoms with E-state index in [1.54, 1.807) is 0 Å². The summed E-state index contributed by atoms with van der Waals surface area (Å²) in [5.74, 6) is 3.13. The normalized spacial score (nSPS) is 12.7. The van der Waals surface area contributed by atoms with Crippen LogP contribution in [-0.2, 0) is 19.4 Å². The minimum absolute atomic E-state index is 0.581. The number of nitrogens with zero attached hydrogens (tertiary/aromatic N) is 2. The van der Waals surface area contributed by atoms with E-state index >= 15 is 0 Å². The third-order valence-electron chi connectivity index (χ3n) is 4.61. The average Bonchev–Trinajstić information content (AvgIpc) is 3.29. The number of nitrogens with one attached hydrogen (secondary N) is 1. The number of hydrogen-bond donors (Lipinski definition) is 1. The van der Waals surface area contributed by atoms with Gasteiger partial charge >= 0.3 is 0 Å². The first kappa shape index (κ1) is 17.0. The minimum Gasteiger partial charge on any atom is -0.489 e. The smallest absolute Gasteiger partial charge is 0.133 e. The van der Waals surface area contributed by atoms with Crippen molar-refractivity contribution in [3.05, 3.63) is 71.4 Å². The number of hydrogen-bond acceptors (Lipinski definition) is 4. The van der Waals surface area contributed by atoms with Crippen molar-refractivity contribution in [1.82, 2.24) is 9.78 Å². The van der Waals surface area contributed by atoms with Gasteiger partial charge in [0.25, 0.3) is 0 Å². The van der Waals surface area contributed by atoms with Crippen molar-refractivity contribution in [3.8, 4) is 11.4 Å². The van der Waals surface area contributed by atoms with E-state index in [4.69, 9.17) is 9.84 Å². The highest BCUT2D eigenvalue weighted by Crippen LogP contribution is 2.30. The monoisotopic (exact) mass is 365 g/mol. The molecule has 3 aromatic rings. The summed E-state index contributed by atoms with van der Waals surface area (Å²) >= 11 is 1.87. The Morgan fingerprint density at radius 2 is 1.92 bits per heavy atom. The number of aryl methyl sites for hydroxylation is 1. The molecule has 4 nitrogen and oxygen atoms in total. The van der Waals surface area contributed by atoms with E-state index in [1.165, 1.54) is 16.8 Å². The lowest BCUT2D eigenvalue weighted by atomic mass is 10.2. The zero-order valence-corrected chi connectivity index (χ0v) is 15.8. The molecule has 1 N–H and O–H groups in total. The quantitative estimate of drug-likeness (QED) is 0.677. The third kappa shape index (κ3) is 3.58. The lowest BCUT2D eigenvalue weighted by Crippen LogP contribution is -2.05. The fourth-order valence-electron chi connectivity index (χ4n) is 3.26. The first-order valence-corrected chi connectivity index (χ1v) is 10.4. The largest absolute Gasteiger partial charge is 0.489 e. The Kier molecular flexibility index (Phi) is 5.16.